The van der Waals surface area contributed by atoms with Crippen LogP contribution in [0.15, 0.2) is 12.2 Å². The molecule has 0 aliphatic carbocycles. The van der Waals surface area contributed by atoms with Crippen molar-refractivity contribution in [2.75, 3.05) is 18.1 Å². The van der Waals surface area contributed by atoms with Gasteiger partial charge in [0.15, 0.2) is 0 Å². The van der Waals surface area contributed by atoms with Crippen LogP contribution in [-0.2, 0) is 14.3 Å². The molecule has 0 heterocycles. The van der Waals surface area contributed by atoms with Gasteiger partial charge < -0.3 is 9.84 Å². The minimum absolute atomic E-state index is 0.193. The standard InChI is InChI=1S/C10H16O4S/c1-8(2)10(13)14-5-7-15-6-3-4-9(11)12/h1,3-7H2,2H3,(H,11,12). The van der Waals surface area contributed by atoms with Gasteiger partial charge in [-0.25, -0.2) is 4.79 Å². The Morgan fingerprint density at radius 2 is 2.07 bits per heavy atom. The Balaban J connectivity index is 3.22. The maximum Gasteiger partial charge on any atom is 0.333 e. The molecule has 5 heteroatoms. The normalized spacial score (nSPS) is 9.67. The molecule has 0 rings (SSSR count). The molecular formula is C10H16O4S. The van der Waals surface area contributed by atoms with E-state index in [2.05, 4.69) is 6.58 Å². The molecule has 0 radical (unpaired) electrons. The molecule has 0 saturated carbocycles. The molecule has 0 atom stereocenters. The predicted molar refractivity (Wildman–Crippen MR) is 60.0 cm³/mol. The number of carboxylic acids is 1. The molecule has 1 N–H and O–H groups in total. The van der Waals surface area contributed by atoms with Crippen molar-refractivity contribution < 1.29 is 19.4 Å². The Hall–Kier alpha value is -0.970. The van der Waals surface area contributed by atoms with E-state index in [1.807, 2.05) is 0 Å². The third kappa shape index (κ3) is 9.34. The topological polar surface area (TPSA) is 63.6 Å². The van der Waals surface area contributed by atoms with E-state index >= 15 is 0 Å². The highest BCUT2D eigenvalue weighted by Gasteiger charge is 2.02. The lowest BCUT2D eigenvalue weighted by atomic mass is 10.3. The molecule has 0 aromatic rings. The van der Waals surface area contributed by atoms with Gasteiger partial charge in [-0.3, -0.25) is 4.79 Å². The van der Waals surface area contributed by atoms with E-state index in [1.54, 1.807) is 18.7 Å². The zero-order valence-electron chi connectivity index (χ0n) is 8.82. The first-order chi connectivity index (χ1) is 7.04. The number of hydrogen-bond acceptors (Lipinski definition) is 4. The molecule has 86 valence electrons. The number of carboxylic acid groups (broad SMARTS) is 1. The fourth-order valence-electron chi connectivity index (χ4n) is 0.744. The highest BCUT2D eigenvalue weighted by Crippen LogP contribution is 2.04. The summed E-state index contributed by atoms with van der Waals surface area (Å²) < 4.78 is 4.86. The molecular weight excluding hydrogens is 216 g/mol. The molecule has 0 unspecified atom stereocenters. The summed E-state index contributed by atoms with van der Waals surface area (Å²) >= 11 is 1.58. The van der Waals surface area contributed by atoms with Crippen molar-refractivity contribution in [2.45, 2.75) is 19.8 Å². The lowest BCUT2D eigenvalue weighted by Crippen LogP contribution is -2.07. The van der Waals surface area contributed by atoms with Gasteiger partial charge in [0.2, 0.25) is 0 Å². The molecule has 0 aliphatic heterocycles. The number of hydrogen-bond donors (Lipinski definition) is 1. The Kier molecular flexibility index (Phi) is 7.81. The van der Waals surface area contributed by atoms with Gasteiger partial charge in [-0.05, 0) is 19.1 Å². The van der Waals surface area contributed by atoms with Crippen molar-refractivity contribution in [2.24, 2.45) is 0 Å². The van der Waals surface area contributed by atoms with Crippen LogP contribution in [0.2, 0.25) is 0 Å². The molecule has 0 fully saturated rings. The molecule has 0 spiro atoms. The summed E-state index contributed by atoms with van der Waals surface area (Å²) in [6.07, 6.45) is 0.840. The van der Waals surface area contributed by atoms with Crippen LogP contribution in [0.5, 0.6) is 0 Å². The first-order valence-electron chi connectivity index (χ1n) is 4.66. The Morgan fingerprint density at radius 1 is 1.40 bits per heavy atom. The third-order valence-corrected chi connectivity index (χ3v) is 2.52. The van der Waals surface area contributed by atoms with Crippen LogP contribution < -0.4 is 0 Å². The second kappa shape index (κ2) is 8.35. The van der Waals surface area contributed by atoms with Gasteiger partial charge in [0.1, 0.15) is 6.61 Å². The van der Waals surface area contributed by atoms with Crippen molar-refractivity contribution >= 4 is 23.7 Å². The number of carbonyl (C=O) groups excluding carboxylic acids is 1. The number of carbonyl (C=O) groups is 2. The Bertz CT molecular complexity index is 238. The second-order valence-electron chi connectivity index (χ2n) is 3.03. The fourth-order valence-corrected chi connectivity index (χ4v) is 1.50. The highest BCUT2D eigenvalue weighted by molar-refractivity contribution is 7.99. The van der Waals surface area contributed by atoms with Gasteiger partial charge in [-0.15, -0.1) is 0 Å². The summed E-state index contributed by atoms with van der Waals surface area (Å²) in [5, 5.41) is 8.36. The van der Waals surface area contributed by atoms with Crippen molar-refractivity contribution in [3.05, 3.63) is 12.2 Å². The molecule has 0 saturated heterocycles. The van der Waals surface area contributed by atoms with Crippen LogP contribution in [0.1, 0.15) is 19.8 Å². The average molecular weight is 232 g/mol. The SMILES string of the molecule is C=C(C)C(=O)OCCSCCCC(=O)O. The number of aliphatic carboxylic acids is 1. The first-order valence-corrected chi connectivity index (χ1v) is 5.81. The summed E-state index contributed by atoms with van der Waals surface area (Å²) in [7, 11) is 0. The van der Waals surface area contributed by atoms with Gasteiger partial charge in [0.05, 0.1) is 0 Å². The molecule has 4 nitrogen and oxygen atoms in total. The zero-order chi connectivity index (χ0) is 11.7. The van der Waals surface area contributed by atoms with Crippen LogP contribution in [0, 0.1) is 0 Å². The minimum Gasteiger partial charge on any atom is -0.481 e. The van der Waals surface area contributed by atoms with E-state index in [0.717, 1.165) is 5.75 Å². The molecule has 0 aliphatic rings. The van der Waals surface area contributed by atoms with Crippen LogP contribution >= 0.6 is 11.8 Å². The predicted octanol–water partition coefficient (Wildman–Crippen LogP) is 1.70. The summed E-state index contributed by atoms with van der Waals surface area (Å²) in [5.74, 6) is 0.320. The maximum atomic E-state index is 10.9. The van der Waals surface area contributed by atoms with Crippen molar-refractivity contribution in [1.29, 1.82) is 0 Å². The molecule has 15 heavy (non-hydrogen) atoms. The van der Waals surface area contributed by atoms with Gasteiger partial charge in [0.25, 0.3) is 0 Å². The van der Waals surface area contributed by atoms with E-state index in [0.29, 0.717) is 24.4 Å². The van der Waals surface area contributed by atoms with Crippen molar-refractivity contribution in [1.82, 2.24) is 0 Å². The van der Waals surface area contributed by atoms with E-state index in [4.69, 9.17) is 9.84 Å². The maximum absolute atomic E-state index is 10.9. The van der Waals surface area contributed by atoms with E-state index in [9.17, 15) is 9.59 Å². The Labute approximate surface area is 93.7 Å². The number of thioether (sulfide) groups is 1. The zero-order valence-corrected chi connectivity index (χ0v) is 9.64. The summed E-state index contributed by atoms with van der Waals surface area (Å²) in [5.41, 5.74) is 0.394. The number of esters is 1. The lowest BCUT2D eigenvalue weighted by molar-refractivity contribution is -0.138. The molecule has 0 aromatic carbocycles. The van der Waals surface area contributed by atoms with Gasteiger partial charge in [0, 0.05) is 17.7 Å². The largest absolute Gasteiger partial charge is 0.481 e. The van der Waals surface area contributed by atoms with Crippen LogP contribution in [-0.4, -0.2) is 35.2 Å². The lowest BCUT2D eigenvalue weighted by Gasteiger charge is -2.03. The monoisotopic (exact) mass is 232 g/mol. The highest BCUT2D eigenvalue weighted by atomic mass is 32.2. The van der Waals surface area contributed by atoms with Crippen LogP contribution in [0.4, 0.5) is 0 Å². The number of ether oxygens (including phenoxy) is 1. The smallest absolute Gasteiger partial charge is 0.333 e. The summed E-state index contributed by atoms with van der Waals surface area (Å²) in [6.45, 7) is 5.41. The van der Waals surface area contributed by atoms with E-state index in [-0.39, 0.29) is 12.4 Å². The van der Waals surface area contributed by atoms with E-state index < -0.39 is 5.97 Å². The minimum atomic E-state index is -0.774. The average Bonchev–Trinajstić information content (AvgIpc) is 2.15. The van der Waals surface area contributed by atoms with Crippen molar-refractivity contribution in [3.63, 3.8) is 0 Å². The van der Waals surface area contributed by atoms with Crippen LogP contribution in [0.25, 0.3) is 0 Å². The van der Waals surface area contributed by atoms with Gasteiger partial charge in [-0.2, -0.15) is 11.8 Å². The van der Waals surface area contributed by atoms with Crippen LogP contribution in [0.3, 0.4) is 0 Å². The molecule has 0 amide bonds. The quantitative estimate of drug-likeness (QED) is 0.392. The summed E-state index contributed by atoms with van der Waals surface area (Å²) in [6, 6.07) is 0. The third-order valence-electron chi connectivity index (χ3n) is 1.49. The fraction of sp³-hybridized carbons (Fsp3) is 0.600. The van der Waals surface area contributed by atoms with Crippen molar-refractivity contribution in [3.8, 4) is 0 Å². The Morgan fingerprint density at radius 3 is 2.60 bits per heavy atom. The molecule has 0 aromatic heterocycles. The molecule has 0 bridgehead atoms. The second-order valence-corrected chi connectivity index (χ2v) is 4.25. The van der Waals surface area contributed by atoms with E-state index in [1.165, 1.54) is 0 Å². The summed E-state index contributed by atoms with van der Waals surface area (Å²) in [4.78, 5) is 21.1. The number of rotatable bonds is 8. The van der Waals surface area contributed by atoms with Gasteiger partial charge in [-0.1, -0.05) is 6.58 Å². The van der Waals surface area contributed by atoms with Gasteiger partial charge >= 0.3 is 11.9 Å². The first kappa shape index (κ1) is 14.0.